The molecule has 0 aromatic heterocycles. The number of benzene rings is 1. The van der Waals surface area contributed by atoms with E-state index in [4.69, 9.17) is 4.74 Å². The Bertz CT molecular complexity index is 511. The zero-order valence-electron chi connectivity index (χ0n) is 13.0. The van der Waals surface area contributed by atoms with Gasteiger partial charge in [-0.05, 0) is 18.4 Å². The first-order valence-corrected chi connectivity index (χ1v) is 10.7. The van der Waals surface area contributed by atoms with E-state index < -0.39 is 8.07 Å². The van der Waals surface area contributed by atoms with Crippen LogP contribution in [0.3, 0.4) is 0 Å². The second-order valence-electron chi connectivity index (χ2n) is 6.79. The van der Waals surface area contributed by atoms with E-state index in [1.165, 1.54) is 18.2 Å². The topological polar surface area (TPSA) is 26.3 Å². The van der Waals surface area contributed by atoms with E-state index >= 15 is 0 Å². The lowest BCUT2D eigenvalue weighted by Gasteiger charge is -2.07. The van der Waals surface area contributed by atoms with Gasteiger partial charge in [0, 0.05) is 5.92 Å². The van der Waals surface area contributed by atoms with Gasteiger partial charge < -0.3 is 4.74 Å². The number of carbonyl (C=O) groups is 1. The summed E-state index contributed by atoms with van der Waals surface area (Å²) < 4.78 is 4.95. The average molecular weight is 288 g/mol. The largest absolute Gasteiger partial charge is 0.469 e. The molecule has 108 valence electrons. The molecule has 2 rings (SSSR count). The van der Waals surface area contributed by atoms with E-state index in [1.807, 2.05) is 0 Å². The Morgan fingerprint density at radius 3 is 2.30 bits per heavy atom. The zero-order valence-corrected chi connectivity index (χ0v) is 14.0. The van der Waals surface area contributed by atoms with Gasteiger partial charge in [0.15, 0.2) is 0 Å². The van der Waals surface area contributed by atoms with Gasteiger partial charge in [0.2, 0.25) is 0 Å². The van der Waals surface area contributed by atoms with Crippen molar-refractivity contribution in [3.05, 3.63) is 47.2 Å². The fourth-order valence-electron chi connectivity index (χ4n) is 2.63. The van der Waals surface area contributed by atoms with E-state index in [2.05, 4.69) is 62.6 Å². The summed E-state index contributed by atoms with van der Waals surface area (Å²) in [7, 11) is 0.252. The fourth-order valence-corrected chi connectivity index (χ4v) is 3.43. The summed E-state index contributed by atoms with van der Waals surface area (Å²) in [4.78, 5) is 11.9. The first-order valence-electron chi connectivity index (χ1n) is 7.17. The Hall–Kier alpha value is -1.35. The summed E-state index contributed by atoms with van der Waals surface area (Å²) in [6.07, 6.45) is 2.25. The Labute approximate surface area is 122 Å². The fraction of sp³-hybridized carbons (Fsp3) is 0.471. The molecule has 0 unspecified atom stereocenters. The summed E-state index contributed by atoms with van der Waals surface area (Å²) in [5.74, 6) is 0.503. The third-order valence-electron chi connectivity index (χ3n) is 3.83. The number of ether oxygens (including phenoxy) is 1. The van der Waals surface area contributed by atoms with Crippen LogP contribution in [0.1, 0.15) is 17.0 Å². The molecule has 0 heterocycles. The molecule has 0 amide bonds. The molecule has 0 bridgehead atoms. The number of hydrogen-bond donors (Lipinski definition) is 0. The van der Waals surface area contributed by atoms with Crippen LogP contribution in [0, 0.1) is 18.8 Å². The molecule has 1 aromatic rings. The Morgan fingerprint density at radius 1 is 1.20 bits per heavy atom. The smallest absolute Gasteiger partial charge is 0.309 e. The molecule has 0 radical (unpaired) electrons. The summed E-state index contributed by atoms with van der Waals surface area (Å²) >= 11 is 0. The second kappa shape index (κ2) is 5.56. The van der Waals surface area contributed by atoms with Crippen molar-refractivity contribution >= 4 is 14.0 Å². The van der Waals surface area contributed by atoms with Crippen LogP contribution in [-0.2, 0) is 9.53 Å². The van der Waals surface area contributed by atoms with Gasteiger partial charge in [0.1, 0.15) is 0 Å². The van der Waals surface area contributed by atoms with Gasteiger partial charge in [-0.15, -0.1) is 0 Å². The van der Waals surface area contributed by atoms with Crippen molar-refractivity contribution < 1.29 is 9.53 Å². The van der Waals surface area contributed by atoms with Gasteiger partial charge >= 0.3 is 5.97 Å². The van der Waals surface area contributed by atoms with Crippen LogP contribution >= 0.6 is 0 Å². The van der Waals surface area contributed by atoms with Crippen molar-refractivity contribution in [3.63, 3.8) is 0 Å². The van der Waals surface area contributed by atoms with Crippen molar-refractivity contribution in [1.82, 2.24) is 0 Å². The lowest BCUT2D eigenvalue weighted by atomic mass is 10.1. The standard InChI is InChI=1S/C17H24O2Si/c1-12-6-8-13(9-7-12)15-14(10-11-20(3,4)5)16(15)17(18)19-2/h6-11,14-16H,1-5H3/b11-10+/t14-,15+,16+/m0/s1. The summed E-state index contributed by atoms with van der Waals surface area (Å²) in [5, 5.41) is 0. The number of methoxy groups -OCH3 is 1. The molecule has 3 atom stereocenters. The van der Waals surface area contributed by atoms with Gasteiger partial charge in [-0.2, -0.15) is 0 Å². The van der Waals surface area contributed by atoms with E-state index in [9.17, 15) is 4.79 Å². The van der Waals surface area contributed by atoms with Crippen LogP contribution in [0.4, 0.5) is 0 Å². The molecule has 1 saturated carbocycles. The van der Waals surface area contributed by atoms with Crippen LogP contribution in [0.2, 0.25) is 19.6 Å². The highest BCUT2D eigenvalue weighted by molar-refractivity contribution is 6.80. The van der Waals surface area contributed by atoms with E-state index in [0.29, 0.717) is 5.92 Å². The van der Waals surface area contributed by atoms with Crippen molar-refractivity contribution in [1.29, 1.82) is 0 Å². The third kappa shape index (κ3) is 3.40. The number of hydrogen-bond acceptors (Lipinski definition) is 2. The zero-order chi connectivity index (χ0) is 14.9. The molecule has 20 heavy (non-hydrogen) atoms. The maximum absolute atomic E-state index is 11.9. The molecular weight excluding hydrogens is 264 g/mol. The minimum atomic E-state index is -1.23. The molecule has 2 nitrogen and oxygen atoms in total. The highest BCUT2D eigenvalue weighted by atomic mass is 28.3. The molecule has 0 aliphatic heterocycles. The average Bonchev–Trinajstić information content (AvgIpc) is 3.10. The first-order chi connectivity index (χ1) is 9.33. The van der Waals surface area contributed by atoms with E-state index in [1.54, 1.807) is 0 Å². The SMILES string of the molecule is COC(=O)[C@@H]1[C@@H](/C=C/[Si](C)(C)C)[C@H]1c1ccc(C)cc1. The monoisotopic (exact) mass is 288 g/mol. The minimum Gasteiger partial charge on any atom is -0.469 e. The Balaban J connectivity index is 2.20. The van der Waals surface area contributed by atoms with Gasteiger partial charge in [0.05, 0.1) is 21.1 Å². The summed E-state index contributed by atoms with van der Waals surface area (Å²) in [5.41, 5.74) is 4.83. The minimum absolute atomic E-state index is 0.00435. The van der Waals surface area contributed by atoms with Crippen molar-refractivity contribution in [2.75, 3.05) is 7.11 Å². The number of aryl methyl sites for hydroxylation is 1. The predicted molar refractivity (Wildman–Crippen MR) is 85.4 cm³/mol. The van der Waals surface area contributed by atoms with Crippen LogP contribution in [0.15, 0.2) is 36.0 Å². The lowest BCUT2D eigenvalue weighted by molar-refractivity contribution is -0.142. The first kappa shape index (κ1) is 15.0. The Morgan fingerprint density at radius 2 is 1.80 bits per heavy atom. The van der Waals surface area contributed by atoms with Gasteiger partial charge in [-0.25, -0.2) is 0 Å². The lowest BCUT2D eigenvalue weighted by Crippen LogP contribution is -2.15. The van der Waals surface area contributed by atoms with Gasteiger partial charge in [0.25, 0.3) is 0 Å². The third-order valence-corrected chi connectivity index (χ3v) is 5.02. The molecule has 1 fully saturated rings. The maximum atomic E-state index is 11.9. The number of carbonyl (C=O) groups excluding carboxylic acids is 1. The summed E-state index contributed by atoms with van der Waals surface area (Å²) in [6.45, 7) is 9.00. The molecule has 0 saturated heterocycles. The van der Waals surface area contributed by atoms with Gasteiger partial charge in [-0.1, -0.05) is 61.2 Å². The highest BCUT2D eigenvalue weighted by Crippen LogP contribution is 2.55. The van der Waals surface area contributed by atoms with Crippen molar-refractivity contribution in [2.45, 2.75) is 32.5 Å². The van der Waals surface area contributed by atoms with Gasteiger partial charge in [-0.3, -0.25) is 4.79 Å². The van der Waals surface area contributed by atoms with Crippen LogP contribution in [0.5, 0.6) is 0 Å². The van der Waals surface area contributed by atoms with Crippen molar-refractivity contribution in [3.8, 4) is 0 Å². The number of esters is 1. The highest BCUT2D eigenvalue weighted by Gasteiger charge is 2.54. The van der Waals surface area contributed by atoms with Crippen LogP contribution in [0.25, 0.3) is 0 Å². The van der Waals surface area contributed by atoms with E-state index in [-0.39, 0.29) is 17.8 Å². The summed E-state index contributed by atoms with van der Waals surface area (Å²) in [6, 6.07) is 8.50. The Kier molecular flexibility index (Phi) is 4.19. The molecular formula is C17H24O2Si. The van der Waals surface area contributed by atoms with Crippen LogP contribution < -0.4 is 0 Å². The number of allylic oxidation sites excluding steroid dienone is 1. The van der Waals surface area contributed by atoms with E-state index in [0.717, 1.165) is 0 Å². The predicted octanol–water partition coefficient (Wildman–Crippen LogP) is 3.93. The normalized spacial score (nSPS) is 25.8. The molecule has 1 aromatic carbocycles. The van der Waals surface area contributed by atoms with Crippen LogP contribution in [-0.4, -0.2) is 21.2 Å². The maximum Gasteiger partial charge on any atom is 0.309 e. The molecule has 1 aliphatic rings. The van der Waals surface area contributed by atoms with Crippen molar-refractivity contribution in [2.24, 2.45) is 11.8 Å². The molecule has 1 aliphatic carbocycles. The number of rotatable bonds is 4. The molecule has 3 heteroatoms. The molecule has 0 N–H and O–H groups in total. The molecule has 0 spiro atoms. The quantitative estimate of drug-likeness (QED) is 0.620. The second-order valence-corrected chi connectivity index (χ2v) is 11.9.